The van der Waals surface area contributed by atoms with E-state index in [9.17, 15) is 12.9 Å². The van der Waals surface area contributed by atoms with E-state index >= 15 is 0 Å². The Balaban J connectivity index is 0. The van der Waals surface area contributed by atoms with Gasteiger partial charge in [0, 0.05) is 0 Å². The molecule has 0 aromatic carbocycles. The van der Waals surface area contributed by atoms with Gasteiger partial charge in [0.2, 0.25) is 0 Å². The minimum atomic E-state index is -3.85. The second-order valence-corrected chi connectivity index (χ2v) is 3.56. The standard InChI is InChI=1S/C4H9FO3S.C2H5N/c1-2-3-4-9(6,7)8-5;1-2-3/h2-4H2,1H3;2H,1,3H2. The highest BCUT2D eigenvalue weighted by atomic mass is 32.2. The van der Waals surface area contributed by atoms with Crippen LogP contribution in [0, 0.1) is 0 Å². The number of hydrogen-bond donors (Lipinski definition) is 1. The molecule has 0 unspecified atom stereocenters. The van der Waals surface area contributed by atoms with Crippen molar-refractivity contribution in [2.45, 2.75) is 19.8 Å². The van der Waals surface area contributed by atoms with E-state index in [0.717, 1.165) is 0 Å². The van der Waals surface area contributed by atoms with Gasteiger partial charge in [0.05, 0.1) is 5.75 Å². The fourth-order valence-electron chi connectivity index (χ4n) is 0.353. The Morgan fingerprint density at radius 2 is 2.08 bits per heavy atom. The largest absolute Gasteiger partial charge is 0.405 e. The van der Waals surface area contributed by atoms with Crippen LogP contribution >= 0.6 is 0 Å². The van der Waals surface area contributed by atoms with Crippen LogP contribution in [0.25, 0.3) is 0 Å². The maximum absolute atomic E-state index is 11.0. The molecule has 4 nitrogen and oxygen atoms in total. The van der Waals surface area contributed by atoms with Crippen molar-refractivity contribution in [3.05, 3.63) is 12.8 Å². The average molecular weight is 199 g/mol. The minimum absolute atomic E-state index is 0.236. The van der Waals surface area contributed by atoms with Gasteiger partial charge in [-0.3, -0.25) is 0 Å². The van der Waals surface area contributed by atoms with Gasteiger partial charge < -0.3 is 5.73 Å². The van der Waals surface area contributed by atoms with Crippen molar-refractivity contribution in [2.75, 3.05) is 5.75 Å². The summed E-state index contributed by atoms with van der Waals surface area (Å²) in [5.41, 5.74) is 4.61. The summed E-state index contributed by atoms with van der Waals surface area (Å²) in [4.78, 5) is 0. The van der Waals surface area contributed by atoms with E-state index in [2.05, 4.69) is 16.7 Å². The molecule has 0 radical (unpaired) electrons. The highest BCUT2D eigenvalue weighted by Crippen LogP contribution is 1.98. The van der Waals surface area contributed by atoms with Gasteiger partial charge in [0.25, 0.3) is 10.1 Å². The van der Waals surface area contributed by atoms with Crippen molar-refractivity contribution in [3.63, 3.8) is 0 Å². The Kier molecular flexibility index (Phi) is 9.84. The summed E-state index contributed by atoms with van der Waals surface area (Å²) < 4.78 is 34.0. The Morgan fingerprint density at radius 1 is 1.67 bits per heavy atom. The van der Waals surface area contributed by atoms with Crippen molar-refractivity contribution >= 4 is 10.1 Å². The van der Waals surface area contributed by atoms with Crippen LogP contribution in [0.4, 0.5) is 4.53 Å². The van der Waals surface area contributed by atoms with E-state index in [1.165, 1.54) is 6.20 Å². The molecule has 0 aromatic rings. The minimum Gasteiger partial charge on any atom is -0.405 e. The topological polar surface area (TPSA) is 69.4 Å². The van der Waals surface area contributed by atoms with E-state index in [1.807, 2.05) is 6.92 Å². The first kappa shape index (κ1) is 13.9. The van der Waals surface area contributed by atoms with Gasteiger partial charge in [-0.15, -0.1) is 0 Å². The maximum Gasteiger partial charge on any atom is 0.297 e. The van der Waals surface area contributed by atoms with Crippen LogP contribution in [0.15, 0.2) is 12.8 Å². The summed E-state index contributed by atoms with van der Waals surface area (Å²) in [6, 6.07) is 0. The third-order valence-corrected chi connectivity index (χ3v) is 1.82. The van der Waals surface area contributed by atoms with Crippen molar-refractivity contribution in [1.82, 2.24) is 0 Å². The number of hydrogen-bond acceptors (Lipinski definition) is 4. The molecule has 0 aliphatic carbocycles. The Labute approximate surface area is 72.2 Å². The van der Waals surface area contributed by atoms with Crippen LogP contribution in [-0.2, 0) is 14.5 Å². The van der Waals surface area contributed by atoms with Gasteiger partial charge >= 0.3 is 0 Å². The normalized spacial score (nSPS) is 9.83. The van der Waals surface area contributed by atoms with Crippen molar-refractivity contribution in [3.8, 4) is 0 Å². The van der Waals surface area contributed by atoms with Crippen LogP contribution in [0.1, 0.15) is 19.8 Å². The number of halogens is 1. The van der Waals surface area contributed by atoms with E-state index in [1.54, 1.807) is 0 Å². The molecule has 0 atom stereocenters. The quantitative estimate of drug-likeness (QED) is 0.736. The van der Waals surface area contributed by atoms with Gasteiger partial charge in [-0.1, -0.05) is 24.3 Å². The van der Waals surface area contributed by atoms with Crippen molar-refractivity contribution in [1.29, 1.82) is 0 Å². The lowest BCUT2D eigenvalue weighted by Crippen LogP contribution is -2.04. The molecule has 0 aromatic heterocycles. The molecule has 0 fully saturated rings. The van der Waals surface area contributed by atoms with E-state index in [0.29, 0.717) is 12.8 Å². The lowest BCUT2D eigenvalue weighted by Gasteiger charge is -1.92. The first-order valence-electron chi connectivity index (χ1n) is 3.39. The third-order valence-electron chi connectivity index (χ3n) is 0.844. The Bertz CT molecular complexity index is 191. The first-order valence-corrected chi connectivity index (χ1v) is 4.97. The third kappa shape index (κ3) is 12.1. The zero-order chi connectivity index (χ0) is 10.0. The predicted octanol–water partition coefficient (Wildman–Crippen LogP) is 1.11. The fourth-order valence-corrected chi connectivity index (χ4v) is 1.06. The molecule has 0 rings (SSSR count). The molecule has 0 spiro atoms. The molecule has 74 valence electrons. The molecule has 0 amide bonds. The Morgan fingerprint density at radius 3 is 2.33 bits per heavy atom. The molecule has 0 saturated heterocycles. The summed E-state index contributed by atoms with van der Waals surface area (Å²) >= 11 is 0. The van der Waals surface area contributed by atoms with Gasteiger partial charge in [-0.25, -0.2) is 0 Å². The van der Waals surface area contributed by atoms with E-state index < -0.39 is 10.1 Å². The van der Waals surface area contributed by atoms with Gasteiger partial charge in [0.15, 0.2) is 0 Å². The van der Waals surface area contributed by atoms with Crippen LogP contribution in [0.2, 0.25) is 0 Å². The second kappa shape index (κ2) is 8.48. The SMILES string of the molecule is C=CN.CCCCS(=O)(=O)OF. The van der Waals surface area contributed by atoms with Crippen molar-refractivity contribution < 1.29 is 17.3 Å². The van der Waals surface area contributed by atoms with Crippen LogP contribution in [-0.4, -0.2) is 14.2 Å². The molecule has 0 saturated carbocycles. The molecular weight excluding hydrogens is 185 g/mol. The summed E-state index contributed by atoms with van der Waals surface area (Å²) in [7, 11) is -3.85. The highest BCUT2D eigenvalue weighted by molar-refractivity contribution is 7.86. The molecule has 0 aliphatic heterocycles. The van der Waals surface area contributed by atoms with Gasteiger partial charge in [-0.05, 0) is 17.1 Å². The molecule has 0 aliphatic rings. The van der Waals surface area contributed by atoms with Crippen LogP contribution < -0.4 is 5.73 Å². The molecule has 12 heavy (non-hydrogen) atoms. The van der Waals surface area contributed by atoms with Crippen LogP contribution in [0.5, 0.6) is 0 Å². The van der Waals surface area contributed by atoms with Crippen LogP contribution in [0.3, 0.4) is 0 Å². The summed E-state index contributed by atoms with van der Waals surface area (Å²) in [5.74, 6) is -0.236. The number of unbranched alkanes of at least 4 members (excludes halogenated alkanes) is 1. The van der Waals surface area contributed by atoms with E-state index in [-0.39, 0.29) is 5.75 Å². The predicted molar refractivity (Wildman–Crippen MR) is 45.3 cm³/mol. The number of rotatable bonds is 4. The molecule has 6 heteroatoms. The summed E-state index contributed by atoms with van der Waals surface area (Å²) in [6.45, 7) is 4.95. The zero-order valence-corrected chi connectivity index (χ0v) is 7.81. The van der Waals surface area contributed by atoms with E-state index in [4.69, 9.17) is 0 Å². The van der Waals surface area contributed by atoms with Crippen molar-refractivity contribution in [2.24, 2.45) is 5.73 Å². The van der Waals surface area contributed by atoms with Gasteiger partial charge in [-0.2, -0.15) is 8.42 Å². The average Bonchev–Trinajstić information content (AvgIpc) is 2.03. The maximum atomic E-state index is 11.0. The lowest BCUT2D eigenvalue weighted by atomic mass is 10.4. The second-order valence-electron chi connectivity index (χ2n) is 1.91. The smallest absolute Gasteiger partial charge is 0.297 e. The number of nitrogens with two attached hydrogens (primary N) is 1. The molecular formula is C6H14FNO3S. The highest BCUT2D eigenvalue weighted by Gasteiger charge is 2.08. The lowest BCUT2D eigenvalue weighted by molar-refractivity contribution is 0.00290. The first-order chi connectivity index (χ1) is 5.54. The fraction of sp³-hybridized carbons (Fsp3) is 0.667. The van der Waals surface area contributed by atoms with Gasteiger partial charge in [0.1, 0.15) is 0 Å². The summed E-state index contributed by atoms with van der Waals surface area (Å²) in [5, 5.41) is 0. The molecule has 0 heterocycles. The Hall–Kier alpha value is -0.620. The summed E-state index contributed by atoms with van der Waals surface area (Å²) in [6.07, 6.45) is 2.40. The molecule has 0 bridgehead atoms. The monoisotopic (exact) mass is 199 g/mol. The zero-order valence-electron chi connectivity index (χ0n) is 6.99. The molecule has 2 N–H and O–H groups in total.